The zero-order valence-electron chi connectivity index (χ0n) is 17.2. The molecule has 1 aromatic rings. The van der Waals surface area contributed by atoms with E-state index in [2.05, 4.69) is 14.9 Å². The molecule has 1 saturated carbocycles. The summed E-state index contributed by atoms with van der Waals surface area (Å²) in [6, 6.07) is 3.86. The van der Waals surface area contributed by atoms with E-state index >= 15 is 0 Å². The SMILES string of the molecule is O=C1CN=CC(N2CC[C@@H](Oc3cc(N4CCC5(CC4)CC(F)(F)C5)ccn3)C2)=C1Cl. The highest BCUT2D eigenvalue weighted by atomic mass is 35.5. The maximum Gasteiger partial charge on any atom is 0.249 e. The highest BCUT2D eigenvalue weighted by molar-refractivity contribution is 6.44. The number of aliphatic imine (C=N–C) groups is 1. The molecule has 3 aliphatic heterocycles. The topological polar surface area (TPSA) is 58.0 Å². The number of hydrogen-bond donors (Lipinski definition) is 0. The number of Topliss-reactive ketones (excluding diaryl/α,β-unsaturated/α-hetero) is 1. The van der Waals surface area contributed by atoms with Gasteiger partial charge in [-0.25, -0.2) is 13.8 Å². The van der Waals surface area contributed by atoms with Crippen LogP contribution in [-0.4, -0.2) is 66.6 Å². The maximum atomic E-state index is 13.3. The Bertz CT molecular complexity index is 933. The number of aromatic nitrogens is 1. The first-order valence-electron chi connectivity index (χ1n) is 10.8. The molecule has 0 unspecified atom stereocenters. The molecule has 2 saturated heterocycles. The van der Waals surface area contributed by atoms with E-state index in [1.165, 1.54) is 0 Å². The fraction of sp³-hybridized carbons (Fsp3) is 0.591. The Hall–Kier alpha value is -2.22. The average molecular weight is 451 g/mol. The van der Waals surface area contributed by atoms with Crippen LogP contribution < -0.4 is 9.64 Å². The summed E-state index contributed by atoms with van der Waals surface area (Å²) >= 11 is 6.18. The summed E-state index contributed by atoms with van der Waals surface area (Å²) in [6.07, 6.45) is 5.79. The first-order valence-corrected chi connectivity index (χ1v) is 11.1. The molecular weight excluding hydrogens is 426 g/mol. The second kappa shape index (κ2) is 7.73. The van der Waals surface area contributed by atoms with Gasteiger partial charge in [0.2, 0.25) is 11.8 Å². The molecule has 1 aliphatic carbocycles. The first kappa shape index (κ1) is 20.7. The van der Waals surface area contributed by atoms with Gasteiger partial charge in [-0.3, -0.25) is 9.79 Å². The van der Waals surface area contributed by atoms with Crippen LogP contribution in [0.3, 0.4) is 0 Å². The van der Waals surface area contributed by atoms with Crippen LogP contribution in [0.2, 0.25) is 0 Å². The van der Waals surface area contributed by atoms with Crippen LogP contribution >= 0.6 is 11.6 Å². The monoisotopic (exact) mass is 450 g/mol. The minimum Gasteiger partial charge on any atom is -0.472 e. The van der Waals surface area contributed by atoms with Crippen molar-refractivity contribution in [3.05, 3.63) is 29.1 Å². The third kappa shape index (κ3) is 4.14. The van der Waals surface area contributed by atoms with E-state index in [1.807, 2.05) is 17.0 Å². The third-order valence-electron chi connectivity index (χ3n) is 6.87. The number of anilines is 1. The van der Waals surface area contributed by atoms with E-state index in [0.29, 0.717) is 18.1 Å². The fourth-order valence-corrected chi connectivity index (χ4v) is 5.44. The largest absolute Gasteiger partial charge is 0.472 e. The van der Waals surface area contributed by atoms with Crippen molar-refractivity contribution in [3.63, 3.8) is 0 Å². The number of rotatable bonds is 4. The Morgan fingerprint density at radius 1 is 1.16 bits per heavy atom. The lowest BCUT2D eigenvalue weighted by Crippen LogP contribution is -2.52. The van der Waals surface area contributed by atoms with Crippen molar-refractivity contribution in [2.75, 3.05) is 37.6 Å². The molecule has 1 aromatic heterocycles. The molecular formula is C22H25ClF2N4O2. The Labute approximate surface area is 184 Å². The molecule has 0 radical (unpaired) electrons. The van der Waals surface area contributed by atoms with Crippen molar-refractivity contribution in [2.24, 2.45) is 10.4 Å². The number of allylic oxidation sites excluding steroid dienone is 1. The number of hydrogen-bond acceptors (Lipinski definition) is 6. The zero-order chi connectivity index (χ0) is 21.6. The van der Waals surface area contributed by atoms with E-state index in [-0.39, 0.29) is 41.7 Å². The molecule has 166 valence electrons. The van der Waals surface area contributed by atoms with Crippen LogP contribution in [0.25, 0.3) is 0 Å². The molecule has 0 aromatic carbocycles. The average Bonchev–Trinajstić information content (AvgIpc) is 3.17. The molecule has 4 aliphatic rings. The lowest BCUT2D eigenvalue weighted by molar-refractivity contribution is -0.168. The van der Waals surface area contributed by atoms with E-state index in [4.69, 9.17) is 16.3 Å². The molecule has 6 nitrogen and oxygen atoms in total. The lowest BCUT2D eigenvalue weighted by atomic mass is 9.61. The number of nitrogens with zero attached hydrogens (tertiary/aromatic N) is 4. The summed E-state index contributed by atoms with van der Waals surface area (Å²) < 4.78 is 32.8. The first-order chi connectivity index (χ1) is 14.8. The number of ether oxygens (including phenoxy) is 1. The van der Waals surface area contributed by atoms with Crippen molar-refractivity contribution in [1.29, 1.82) is 0 Å². The minimum atomic E-state index is -2.47. The van der Waals surface area contributed by atoms with Crippen LogP contribution in [0, 0.1) is 5.41 Å². The van der Waals surface area contributed by atoms with Crippen LogP contribution in [0.15, 0.2) is 34.1 Å². The van der Waals surface area contributed by atoms with Crippen LogP contribution in [-0.2, 0) is 4.79 Å². The predicted molar refractivity (Wildman–Crippen MR) is 114 cm³/mol. The molecule has 0 amide bonds. The number of carbonyl (C=O) groups is 1. The summed E-state index contributed by atoms with van der Waals surface area (Å²) in [6.45, 7) is 2.99. The number of likely N-dealkylation sites (tertiary alicyclic amines) is 1. The molecule has 1 atom stereocenters. The van der Waals surface area contributed by atoms with Crippen LogP contribution in [0.4, 0.5) is 14.5 Å². The Morgan fingerprint density at radius 2 is 1.94 bits per heavy atom. The second-order valence-corrected chi connectivity index (χ2v) is 9.49. The lowest BCUT2D eigenvalue weighted by Gasteiger charge is -2.52. The molecule has 31 heavy (non-hydrogen) atoms. The number of dihydropyridines is 1. The normalized spacial score (nSPS) is 27.1. The van der Waals surface area contributed by atoms with Gasteiger partial charge in [0.25, 0.3) is 0 Å². The number of piperidine rings is 1. The molecule has 0 bridgehead atoms. The number of halogens is 3. The van der Waals surface area contributed by atoms with Gasteiger partial charge in [0, 0.05) is 63.1 Å². The number of ketones is 1. The van der Waals surface area contributed by atoms with Crippen LogP contribution in [0.1, 0.15) is 32.1 Å². The van der Waals surface area contributed by atoms with Gasteiger partial charge in [-0.2, -0.15) is 0 Å². The van der Waals surface area contributed by atoms with Gasteiger partial charge in [-0.1, -0.05) is 11.6 Å². The number of pyridine rings is 1. The van der Waals surface area contributed by atoms with Crippen molar-refractivity contribution in [3.8, 4) is 5.88 Å². The standard InChI is InChI=1S/C22H25ClF2N4O2/c23-20-17(10-26-11-18(20)30)29-6-2-16(12-29)31-19-9-15(1-5-27-19)28-7-3-21(4-8-28)13-22(24,25)14-21/h1,5,9-10,16H,2-4,6-8,11-14H2/t16-/m1/s1. The van der Waals surface area contributed by atoms with Crippen molar-refractivity contribution in [2.45, 2.75) is 44.1 Å². The fourth-order valence-electron chi connectivity index (χ4n) is 5.22. The van der Waals surface area contributed by atoms with Crippen LogP contribution in [0.5, 0.6) is 5.88 Å². The van der Waals surface area contributed by atoms with Crippen molar-refractivity contribution in [1.82, 2.24) is 9.88 Å². The summed E-state index contributed by atoms with van der Waals surface area (Å²) in [5.41, 5.74) is 1.51. The predicted octanol–water partition coefficient (Wildman–Crippen LogP) is 3.65. The summed E-state index contributed by atoms with van der Waals surface area (Å²) in [5.74, 6) is -2.08. The Balaban J connectivity index is 1.19. The van der Waals surface area contributed by atoms with E-state index in [1.54, 1.807) is 12.4 Å². The molecule has 0 N–H and O–H groups in total. The number of carbonyl (C=O) groups excluding carboxylic acids is 1. The van der Waals surface area contributed by atoms with E-state index in [9.17, 15) is 13.6 Å². The molecule has 3 fully saturated rings. The zero-order valence-corrected chi connectivity index (χ0v) is 18.0. The highest BCUT2D eigenvalue weighted by Crippen LogP contribution is 2.57. The minimum absolute atomic E-state index is 0.0352. The van der Waals surface area contributed by atoms with Crippen molar-refractivity contribution >= 4 is 29.3 Å². The quantitative estimate of drug-likeness (QED) is 0.700. The Morgan fingerprint density at radius 3 is 2.68 bits per heavy atom. The highest BCUT2D eigenvalue weighted by Gasteiger charge is 2.56. The van der Waals surface area contributed by atoms with Gasteiger partial charge in [0.15, 0.2) is 5.78 Å². The molecule has 1 spiro atoms. The maximum absolute atomic E-state index is 13.3. The van der Waals surface area contributed by atoms with Gasteiger partial charge in [0.1, 0.15) is 17.7 Å². The summed E-state index contributed by atoms with van der Waals surface area (Å²) in [5, 5.41) is 0.239. The van der Waals surface area contributed by atoms with E-state index in [0.717, 1.165) is 44.6 Å². The van der Waals surface area contributed by atoms with Crippen molar-refractivity contribution < 1.29 is 18.3 Å². The van der Waals surface area contributed by atoms with Gasteiger partial charge in [0.05, 0.1) is 12.2 Å². The Kier molecular flexibility index (Phi) is 5.15. The number of alkyl halides is 2. The second-order valence-electron chi connectivity index (χ2n) is 9.12. The summed E-state index contributed by atoms with van der Waals surface area (Å²) in [4.78, 5) is 24.5. The molecule has 4 heterocycles. The summed E-state index contributed by atoms with van der Waals surface area (Å²) in [7, 11) is 0. The van der Waals surface area contributed by atoms with Gasteiger partial charge in [-0.15, -0.1) is 0 Å². The smallest absolute Gasteiger partial charge is 0.249 e. The molecule has 9 heteroatoms. The van der Waals surface area contributed by atoms with Gasteiger partial charge < -0.3 is 14.5 Å². The van der Waals surface area contributed by atoms with Gasteiger partial charge in [-0.05, 0) is 24.3 Å². The molecule has 5 rings (SSSR count). The third-order valence-corrected chi connectivity index (χ3v) is 7.27. The van der Waals surface area contributed by atoms with E-state index < -0.39 is 5.92 Å². The van der Waals surface area contributed by atoms with Gasteiger partial charge >= 0.3 is 0 Å².